The fourth-order valence-corrected chi connectivity index (χ4v) is 2.41. The van der Waals surface area contributed by atoms with Crippen molar-refractivity contribution >= 4 is 0 Å². The lowest BCUT2D eigenvalue weighted by atomic mass is 9.81. The molecule has 1 aliphatic rings. The topological polar surface area (TPSA) is 51.0 Å². The zero-order valence-corrected chi connectivity index (χ0v) is 10.8. The third-order valence-electron chi connectivity index (χ3n) is 3.73. The molecule has 3 rings (SSSR count). The Labute approximate surface area is 111 Å². The van der Waals surface area contributed by atoms with E-state index < -0.39 is 0 Å². The molecule has 0 radical (unpaired) electrons. The number of nitrogens with one attached hydrogen (secondary N) is 1. The lowest BCUT2D eigenvalue weighted by Gasteiger charge is -2.30. The van der Waals surface area contributed by atoms with Gasteiger partial charge in [-0.2, -0.15) is 4.98 Å². The number of halogens is 1. The third-order valence-corrected chi connectivity index (χ3v) is 3.73. The van der Waals surface area contributed by atoms with Crippen LogP contribution in [-0.4, -0.2) is 23.2 Å². The Bertz CT molecular complexity index is 576. The number of hydrogen-bond acceptors (Lipinski definition) is 4. The number of nitrogens with zero attached hydrogens (tertiary/aromatic N) is 2. The molecular weight excluding hydrogens is 245 g/mol. The number of hydrogen-bond donors (Lipinski definition) is 1. The van der Waals surface area contributed by atoms with Crippen molar-refractivity contribution in [1.82, 2.24) is 15.5 Å². The standard InChI is InChI=1S/C14H16FN3O/c1-14(5-7-16-8-6-14)13-17-12(18-19-13)10-3-2-4-11(15)9-10/h2-4,9,16H,5-8H2,1H3. The van der Waals surface area contributed by atoms with Gasteiger partial charge in [-0.05, 0) is 38.1 Å². The minimum Gasteiger partial charge on any atom is -0.338 e. The van der Waals surface area contributed by atoms with E-state index >= 15 is 0 Å². The third kappa shape index (κ3) is 2.38. The summed E-state index contributed by atoms with van der Waals surface area (Å²) in [7, 11) is 0. The van der Waals surface area contributed by atoms with Crippen molar-refractivity contribution in [3.8, 4) is 11.4 Å². The van der Waals surface area contributed by atoms with Crippen LogP contribution in [-0.2, 0) is 5.41 Å². The quantitative estimate of drug-likeness (QED) is 0.902. The lowest BCUT2D eigenvalue weighted by molar-refractivity contribution is 0.241. The highest BCUT2D eigenvalue weighted by Gasteiger charge is 2.34. The Balaban J connectivity index is 1.91. The summed E-state index contributed by atoms with van der Waals surface area (Å²) < 4.78 is 18.6. The monoisotopic (exact) mass is 261 g/mol. The van der Waals surface area contributed by atoms with Gasteiger partial charge < -0.3 is 9.84 Å². The van der Waals surface area contributed by atoms with Gasteiger partial charge in [0.1, 0.15) is 5.82 Å². The molecule has 0 unspecified atom stereocenters. The molecule has 0 amide bonds. The van der Waals surface area contributed by atoms with E-state index in [-0.39, 0.29) is 11.2 Å². The summed E-state index contributed by atoms with van der Waals surface area (Å²) in [5.74, 6) is 0.805. The SMILES string of the molecule is CC1(c2nc(-c3cccc(F)c3)no2)CCNCC1. The normalized spacial score (nSPS) is 18.4. The lowest BCUT2D eigenvalue weighted by Crippen LogP contribution is -2.37. The van der Waals surface area contributed by atoms with Gasteiger partial charge in [0.05, 0.1) is 0 Å². The molecule has 0 atom stereocenters. The first-order valence-corrected chi connectivity index (χ1v) is 6.48. The van der Waals surface area contributed by atoms with Gasteiger partial charge in [-0.3, -0.25) is 0 Å². The predicted molar refractivity (Wildman–Crippen MR) is 69.1 cm³/mol. The maximum atomic E-state index is 13.2. The molecule has 1 aromatic heterocycles. The van der Waals surface area contributed by atoms with Gasteiger partial charge in [0, 0.05) is 11.0 Å². The van der Waals surface area contributed by atoms with Gasteiger partial charge in [-0.1, -0.05) is 24.2 Å². The zero-order valence-electron chi connectivity index (χ0n) is 10.8. The predicted octanol–water partition coefficient (Wildman–Crippen LogP) is 2.52. The maximum absolute atomic E-state index is 13.2. The Morgan fingerprint density at radius 3 is 2.84 bits per heavy atom. The van der Waals surface area contributed by atoms with Crippen molar-refractivity contribution in [2.24, 2.45) is 0 Å². The molecule has 1 saturated heterocycles. The van der Waals surface area contributed by atoms with Crippen molar-refractivity contribution in [3.05, 3.63) is 36.0 Å². The van der Waals surface area contributed by atoms with E-state index in [1.807, 2.05) is 0 Å². The minimum atomic E-state index is -0.295. The Hall–Kier alpha value is -1.75. The van der Waals surface area contributed by atoms with Crippen LogP contribution in [0.4, 0.5) is 4.39 Å². The van der Waals surface area contributed by atoms with E-state index in [0.29, 0.717) is 17.3 Å². The van der Waals surface area contributed by atoms with Gasteiger partial charge in [-0.25, -0.2) is 4.39 Å². The minimum absolute atomic E-state index is 0.0795. The molecule has 100 valence electrons. The van der Waals surface area contributed by atoms with Crippen LogP contribution in [0.3, 0.4) is 0 Å². The Morgan fingerprint density at radius 2 is 2.11 bits per heavy atom. The highest BCUT2D eigenvalue weighted by atomic mass is 19.1. The smallest absolute Gasteiger partial charge is 0.232 e. The van der Waals surface area contributed by atoms with Gasteiger partial charge in [0.25, 0.3) is 0 Å². The molecule has 0 saturated carbocycles. The first-order valence-electron chi connectivity index (χ1n) is 6.48. The van der Waals surface area contributed by atoms with Crippen LogP contribution >= 0.6 is 0 Å². The van der Waals surface area contributed by atoms with Crippen molar-refractivity contribution < 1.29 is 8.91 Å². The van der Waals surface area contributed by atoms with Crippen LogP contribution < -0.4 is 5.32 Å². The van der Waals surface area contributed by atoms with Crippen LogP contribution in [0.5, 0.6) is 0 Å². The molecule has 1 aromatic carbocycles. The second-order valence-electron chi connectivity index (χ2n) is 5.24. The molecule has 19 heavy (non-hydrogen) atoms. The maximum Gasteiger partial charge on any atom is 0.232 e. The summed E-state index contributed by atoms with van der Waals surface area (Å²) in [6, 6.07) is 6.24. The largest absolute Gasteiger partial charge is 0.338 e. The van der Waals surface area contributed by atoms with Gasteiger partial charge in [0.2, 0.25) is 11.7 Å². The molecular formula is C14H16FN3O. The van der Waals surface area contributed by atoms with Crippen LogP contribution in [0.25, 0.3) is 11.4 Å². The van der Waals surface area contributed by atoms with Crippen molar-refractivity contribution in [3.63, 3.8) is 0 Å². The molecule has 0 bridgehead atoms. The highest BCUT2D eigenvalue weighted by molar-refractivity contribution is 5.54. The molecule has 0 aliphatic carbocycles. The molecule has 0 spiro atoms. The molecule has 1 aliphatic heterocycles. The Morgan fingerprint density at radius 1 is 1.32 bits per heavy atom. The van der Waals surface area contributed by atoms with E-state index in [1.54, 1.807) is 12.1 Å². The van der Waals surface area contributed by atoms with Crippen molar-refractivity contribution in [2.75, 3.05) is 13.1 Å². The summed E-state index contributed by atoms with van der Waals surface area (Å²) in [6.07, 6.45) is 1.94. The zero-order chi connectivity index (χ0) is 13.3. The van der Waals surface area contributed by atoms with E-state index in [9.17, 15) is 4.39 Å². The summed E-state index contributed by atoms with van der Waals surface area (Å²) >= 11 is 0. The van der Waals surface area contributed by atoms with Crippen LogP contribution in [0.15, 0.2) is 28.8 Å². The average molecular weight is 261 g/mol. The van der Waals surface area contributed by atoms with Crippen LogP contribution in [0.2, 0.25) is 0 Å². The number of benzene rings is 1. The fourth-order valence-electron chi connectivity index (χ4n) is 2.41. The molecule has 4 nitrogen and oxygen atoms in total. The number of piperidine rings is 1. The summed E-state index contributed by atoms with van der Waals surface area (Å²) in [5, 5.41) is 7.29. The number of rotatable bonds is 2. The average Bonchev–Trinajstić information content (AvgIpc) is 2.90. The molecule has 5 heteroatoms. The molecule has 1 N–H and O–H groups in total. The van der Waals surface area contributed by atoms with Gasteiger partial charge in [-0.15, -0.1) is 0 Å². The van der Waals surface area contributed by atoms with Gasteiger partial charge >= 0.3 is 0 Å². The number of aromatic nitrogens is 2. The second kappa shape index (κ2) is 4.74. The van der Waals surface area contributed by atoms with E-state index in [0.717, 1.165) is 25.9 Å². The second-order valence-corrected chi connectivity index (χ2v) is 5.24. The van der Waals surface area contributed by atoms with Gasteiger partial charge in [0.15, 0.2) is 0 Å². The first-order chi connectivity index (χ1) is 9.17. The van der Waals surface area contributed by atoms with E-state index in [1.165, 1.54) is 12.1 Å². The highest BCUT2D eigenvalue weighted by Crippen LogP contribution is 2.32. The summed E-state index contributed by atoms with van der Waals surface area (Å²) in [4.78, 5) is 4.44. The first kappa shape index (κ1) is 12.3. The summed E-state index contributed by atoms with van der Waals surface area (Å²) in [5.41, 5.74) is 0.566. The molecule has 2 aromatic rings. The fraction of sp³-hybridized carbons (Fsp3) is 0.429. The van der Waals surface area contributed by atoms with E-state index in [2.05, 4.69) is 22.4 Å². The van der Waals surface area contributed by atoms with E-state index in [4.69, 9.17) is 4.52 Å². The van der Waals surface area contributed by atoms with Crippen molar-refractivity contribution in [1.29, 1.82) is 0 Å². The van der Waals surface area contributed by atoms with Crippen LogP contribution in [0.1, 0.15) is 25.7 Å². The molecule has 2 heterocycles. The Kier molecular flexibility index (Phi) is 3.06. The van der Waals surface area contributed by atoms with Crippen LogP contribution in [0, 0.1) is 5.82 Å². The van der Waals surface area contributed by atoms with Crippen molar-refractivity contribution in [2.45, 2.75) is 25.2 Å². The summed E-state index contributed by atoms with van der Waals surface area (Å²) in [6.45, 7) is 4.04. The molecule has 1 fully saturated rings.